The number of fused-ring (bicyclic) bond motifs is 1. The van der Waals surface area contributed by atoms with E-state index in [9.17, 15) is 0 Å². The molecule has 1 aromatic heterocycles. The van der Waals surface area contributed by atoms with Crippen molar-refractivity contribution in [1.29, 1.82) is 0 Å². The SMILES string of the molecule is CN(C)c1nc2c(c(C3CC3)n1)CCN(C1CCC(CN)(c3cccc(Cl)c3)CC1)C2.Cl.Cl. The summed E-state index contributed by atoms with van der Waals surface area (Å²) in [4.78, 5) is 14.6. The lowest BCUT2D eigenvalue weighted by atomic mass is 9.68. The molecule has 2 saturated carbocycles. The van der Waals surface area contributed by atoms with Crippen molar-refractivity contribution < 1.29 is 0 Å². The van der Waals surface area contributed by atoms with E-state index in [-0.39, 0.29) is 30.2 Å². The van der Waals surface area contributed by atoms with Crippen molar-refractivity contribution in [2.75, 3.05) is 32.1 Å². The van der Waals surface area contributed by atoms with Gasteiger partial charge in [-0.3, -0.25) is 4.90 Å². The Labute approximate surface area is 215 Å². The predicted molar refractivity (Wildman–Crippen MR) is 141 cm³/mol. The van der Waals surface area contributed by atoms with Crippen molar-refractivity contribution in [2.24, 2.45) is 5.73 Å². The van der Waals surface area contributed by atoms with Crippen LogP contribution in [0.2, 0.25) is 5.02 Å². The molecule has 2 fully saturated rings. The van der Waals surface area contributed by atoms with Crippen LogP contribution >= 0.6 is 36.4 Å². The van der Waals surface area contributed by atoms with Crippen molar-refractivity contribution in [3.8, 4) is 0 Å². The molecule has 0 spiro atoms. The van der Waals surface area contributed by atoms with Gasteiger partial charge >= 0.3 is 0 Å². The zero-order chi connectivity index (χ0) is 21.6. The van der Waals surface area contributed by atoms with Gasteiger partial charge in [-0.15, -0.1) is 24.8 Å². The fourth-order valence-corrected chi connectivity index (χ4v) is 5.81. The molecule has 0 radical (unpaired) electrons. The van der Waals surface area contributed by atoms with Crippen LogP contribution in [0.15, 0.2) is 24.3 Å². The summed E-state index contributed by atoms with van der Waals surface area (Å²) >= 11 is 6.29. The maximum Gasteiger partial charge on any atom is 0.225 e. The standard InChI is InChI=1S/C25H34ClN5.2ClH/c1-30(2)24-28-22-15-31(13-10-21(22)23(29-24)17-6-7-17)20-8-11-25(16-27,12-9-20)18-4-3-5-19(26)14-18;;/h3-5,14,17,20H,6-13,15-16,27H2,1-2H3;2*1H. The maximum absolute atomic E-state index is 6.33. The molecule has 0 amide bonds. The van der Waals surface area contributed by atoms with Gasteiger partial charge in [0.25, 0.3) is 0 Å². The van der Waals surface area contributed by atoms with E-state index in [1.165, 1.54) is 48.2 Å². The monoisotopic (exact) mass is 511 g/mol. The minimum Gasteiger partial charge on any atom is -0.347 e. The highest BCUT2D eigenvalue weighted by Gasteiger charge is 2.39. The predicted octanol–water partition coefficient (Wildman–Crippen LogP) is 5.11. The van der Waals surface area contributed by atoms with Gasteiger partial charge in [0, 0.05) is 56.1 Å². The number of hydrogen-bond donors (Lipinski definition) is 1. The Balaban J connectivity index is 0.00000153. The number of benzene rings is 1. The summed E-state index contributed by atoms with van der Waals surface area (Å²) in [6, 6.07) is 8.93. The van der Waals surface area contributed by atoms with Gasteiger partial charge < -0.3 is 10.6 Å². The largest absolute Gasteiger partial charge is 0.347 e. The fraction of sp³-hybridized carbons (Fsp3) is 0.600. The lowest BCUT2D eigenvalue weighted by Crippen LogP contribution is -2.47. The molecule has 0 atom stereocenters. The van der Waals surface area contributed by atoms with Crippen LogP contribution in [0.4, 0.5) is 5.95 Å². The summed E-state index contributed by atoms with van der Waals surface area (Å²) in [7, 11) is 4.09. The number of halogens is 3. The van der Waals surface area contributed by atoms with Crippen molar-refractivity contribution in [3.63, 3.8) is 0 Å². The van der Waals surface area contributed by atoms with Crippen molar-refractivity contribution >= 4 is 42.4 Å². The second-order valence-electron chi connectivity index (χ2n) is 9.95. The Morgan fingerprint density at radius 1 is 1.12 bits per heavy atom. The zero-order valence-corrected chi connectivity index (χ0v) is 22.0. The topological polar surface area (TPSA) is 58.3 Å². The molecule has 2 aliphatic carbocycles. The van der Waals surface area contributed by atoms with Crippen LogP contribution in [0.25, 0.3) is 0 Å². The lowest BCUT2D eigenvalue weighted by Gasteiger charge is -2.44. The average molecular weight is 513 g/mol. The number of rotatable bonds is 5. The lowest BCUT2D eigenvalue weighted by molar-refractivity contribution is 0.111. The third kappa shape index (κ3) is 5.28. The van der Waals surface area contributed by atoms with Crippen LogP contribution in [0.3, 0.4) is 0 Å². The highest BCUT2D eigenvalue weighted by atomic mass is 35.5. The van der Waals surface area contributed by atoms with Crippen LogP contribution in [-0.2, 0) is 18.4 Å². The fourth-order valence-electron chi connectivity index (χ4n) is 5.62. The van der Waals surface area contributed by atoms with Crippen molar-refractivity contribution in [2.45, 2.75) is 68.9 Å². The molecule has 3 aliphatic rings. The Bertz CT molecular complexity index is 955. The van der Waals surface area contributed by atoms with Gasteiger partial charge in [-0.05, 0) is 68.2 Å². The molecular formula is C25H36Cl3N5. The summed E-state index contributed by atoms with van der Waals surface area (Å²) in [6.07, 6.45) is 8.26. The summed E-state index contributed by atoms with van der Waals surface area (Å²) in [5.74, 6) is 1.54. The van der Waals surface area contributed by atoms with Gasteiger partial charge in [-0.1, -0.05) is 23.7 Å². The first kappa shape index (κ1) is 26.5. The third-order valence-corrected chi connectivity index (χ3v) is 7.97. The molecule has 1 aliphatic heterocycles. The van der Waals surface area contributed by atoms with Crippen LogP contribution in [-0.4, -0.2) is 48.1 Å². The summed E-state index contributed by atoms with van der Waals surface area (Å²) in [5, 5.41) is 0.808. The van der Waals surface area contributed by atoms with Crippen molar-refractivity contribution in [1.82, 2.24) is 14.9 Å². The van der Waals surface area contributed by atoms with E-state index in [4.69, 9.17) is 27.3 Å². The summed E-state index contributed by atoms with van der Waals surface area (Å²) < 4.78 is 0. The normalized spacial score (nSPS) is 24.9. The molecule has 2 aromatic rings. The first-order valence-electron chi connectivity index (χ1n) is 11.8. The second kappa shape index (κ2) is 10.7. The highest BCUT2D eigenvalue weighted by Crippen LogP contribution is 2.44. The molecule has 5 nitrogen and oxygen atoms in total. The number of anilines is 1. The number of aromatic nitrogens is 2. The Hall–Kier alpha value is -1.11. The number of nitrogens with zero attached hydrogens (tertiary/aromatic N) is 4. The second-order valence-corrected chi connectivity index (χ2v) is 10.4. The molecule has 2 heterocycles. The van der Waals surface area contributed by atoms with E-state index in [0.717, 1.165) is 43.3 Å². The van der Waals surface area contributed by atoms with Gasteiger partial charge in [0.15, 0.2) is 0 Å². The Morgan fingerprint density at radius 3 is 2.45 bits per heavy atom. The Morgan fingerprint density at radius 2 is 1.85 bits per heavy atom. The van der Waals surface area contributed by atoms with Crippen LogP contribution in [0, 0.1) is 0 Å². The molecule has 182 valence electrons. The third-order valence-electron chi connectivity index (χ3n) is 7.74. The number of hydrogen-bond acceptors (Lipinski definition) is 5. The molecular weight excluding hydrogens is 477 g/mol. The Kier molecular flexibility index (Phi) is 8.56. The molecule has 5 rings (SSSR count). The van der Waals surface area contributed by atoms with Crippen LogP contribution in [0.5, 0.6) is 0 Å². The van der Waals surface area contributed by atoms with Gasteiger partial charge in [-0.25, -0.2) is 9.97 Å². The minimum atomic E-state index is 0. The van der Waals surface area contributed by atoms with E-state index in [1.807, 2.05) is 25.1 Å². The summed E-state index contributed by atoms with van der Waals surface area (Å²) in [5.41, 5.74) is 11.7. The van der Waals surface area contributed by atoms with Gasteiger partial charge in [0.05, 0.1) is 11.4 Å². The highest BCUT2D eigenvalue weighted by molar-refractivity contribution is 6.30. The van der Waals surface area contributed by atoms with Gasteiger partial charge in [0.1, 0.15) is 0 Å². The first-order chi connectivity index (χ1) is 15.0. The molecule has 8 heteroatoms. The van der Waals surface area contributed by atoms with E-state index >= 15 is 0 Å². The first-order valence-corrected chi connectivity index (χ1v) is 12.1. The van der Waals surface area contributed by atoms with E-state index < -0.39 is 0 Å². The van der Waals surface area contributed by atoms with Crippen molar-refractivity contribution in [3.05, 3.63) is 51.8 Å². The van der Waals surface area contributed by atoms with E-state index in [1.54, 1.807) is 0 Å². The van der Waals surface area contributed by atoms with Crippen LogP contribution in [0.1, 0.15) is 67.0 Å². The quantitative estimate of drug-likeness (QED) is 0.603. The minimum absolute atomic E-state index is 0. The van der Waals surface area contributed by atoms with E-state index in [2.05, 4.69) is 23.1 Å². The zero-order valence-electron chi connectivity index (χ0n) is 19.6. The maximum atomic E-state index is 6.33. The average Bonchev–Trinajstić information content (AvgIpc) is 3.63. The molecule has 0 unspecified atom stereocenters. The van der Waals surface area contributed by atoms with Gasteiger partial charge in [-0.2, -0.15) is 0 Å². The van der Waals surface area contributed by atoms with Crippen LogP contribution < -0.4 is 10.6 Å². The smallest absolute Gasteiger partial charge is 0.225 e. The molecule has 2 N–H and O–H groups in total. The molecule has 0 bridgehead atoms. The van der Waals surface area contributed by atoms with E-state index in [0.29, 0.717) is 18.5 Å². The van der Waals surface area contributed by atoms with Gasteiger partial charge in [0.2, 0.25) is 5.95 Å². The summed E-state index contributed by atoms with van der Waals surface area (Å²) in [6.45, 7) is 2.76. The molecule has 1 aromatic carbocycles. The number of nitrogens with two attached hydrogens (primary N) is 1. The molecule has 0 saturated heterocycles. The molecule has 33 heavy (non-hydrogen) atoms.